The van der Waals surface area contributed by atoms with E-state index in [2.05, 4.69) is 0 Å². The lowest BCUT2D eigenvalue weighted by Gasteiger charge is -2.38. The van der Waals surface area contributed by atoms with Gasteiger partial charge >= 0.3 is 33.1 Å². The number of alkyl halides is 13. The Morgan fingerprint density at radius 3 is 1.32 bits per heavy atom. The normalized spacial score (nSPS) is 20.9. The van der Waals surface area contributed by atoms with Crippen molar-refractivity contribution in [2.45, 2.75) is 48.0 Å². The summed E-state index contributed by atoms with van der Waals surface area (Å²) < 4.78 is 193. The van der Waals surface area contributed by atoms with Crippen LogP contribution in [0.2, 0.25) is 0 Å². The first-order valence-corrected chi connectivity index (χ1v) is 6.80. The second kappa shape index (κ2) is 6.62. The van der Waals surface area contributed by atoms with Crippen molar-refractivity contribution in [3.63, 3.8) is 0 Å². The average molecular weight is 428 g/mol. The maximum Gasteiger partial charge on any atom is 0.458 e. The van der Waals surface area contributed by atoms with Crippen LogP contribution in [0.15, 0.2) is 0 Å². The van der Waals surface area contributed by atoms with Crippen LogP contribution in [-0.2, 0) is 10.1 Å². The first-order chi connectivity index (χ1) is 10.7. The molecule has 0 aromatic rings. The Morgan fingerprint density at radius 2 is 1.08 bits per heavy atom. The van der Waals surface area contributed by atoms with Gasteiger partial charge in [-0.2, -0.15) is 39.2 Å². The molecule has 0 heterocycles. The highest BCUT2D eigenvalue weighted by Gasteiger charge is 2.88. The molecule has 17 heteroatoms. The zero-order valence-electron chi connectivity index (χ0n) is 10.9. The molecule has 0 saturated carbocycles. The Bertz CT molecular complexity index is 572. The van der Waals surface area contributed by atoms with E-state index < -0.39 is 58.1 Å². The fraction of sp³-hybridized carbons (Fsp3) is 1.00. The number of rotatable bonds is 7. The highest BCUT2D eigenvalue weighted by Crippen LogP contribution is 2.56. The third kappa shape index (κ3) is 3.61. The smallest absolute Gasteiger partial charge is 0.283 e. The van der Waals surface area contributed by atoms with Crippen LogP contribution in [0.4, 0.5) is 57.1 Å². The standard InChI is InChI=1S/C8H5F13O3S/c9-1(2(10)4(12)13)3(11)5(14,15)7(18,25(22,23)24)6(16,17)8(19,20)21/h1-4H,(H,22,23,24). The lowest BCUT2D eigenvalue weighted by atomic mass is 9.97. The van der Waals surface area contributed by atoms with Gasteiger partial charge in [0.1, 0.15) is 0 Å². The Kier molecular flexibility index (Phi) is 6.36. The summed E-state index contributed by atoms with van der Waals surface area (Å²) in [6.07, 6.45) is -27.2. The van der Waals surface area contributed by atoms with E-state index in [0.717, 1.165) is 0 Å². The van der Waals surface area contributed by atoms with Gasteiger partial charge < -0.3 is 0 Å². The summed E-state index contributed by atoms with van der Waals surface area (Å²) in [5.41, 5.74) is 0. The summed E-state index contributed by atoms with van der Waals surface area (Å²) in [5, 5.41) is -7.60. The summed E-state index contributed by atoms with van der Waals surface area (Å²) in [5.74, 6) is -15.1. The minimum absolute atomic E-state index is 4.58. The van der Waals surface area contributed by atoms with Crippen molar-refractivity contribution in [3.05, 3.63) is 0 Å². The van der Waals surface area contributed by atoms with E-state index in [1.807, 2.05) is 0 Å². The van der Waals surface area contributed by atoms with Crippen molar-refractivity contribution in [2.75, 3.05) is 0 Å². The van der Waals surface area contributed by atoms with Gasteiger partial charge in [0.15, 0.2) is 12.3 Å². The van der Waals surface area contributed by atoms with Crippen molar-refractivity contribution >= 4 is 10.1 Å². The summed E-state index contributed by atoms with van der Waals surface area (Å²) in [6, 6.07) is 0. The van der Waals surface area contributed by atoms with Crippen molar-refractivity contribution in [3.8, 4) is 0 Å². The van der Waals surface area contributed by atoms with Crippen LogP contribution in [0, 0.1) is 0 Å². The van der Waals surface area contributed by atoms with E-state index >= 15 is 0 Å². The van der Waals surface area contributed by atoms with Crippen LogP contribution >= 0.6 is 0 Å². The summed E-state index contributed by atoms with van der Waals surface area (Å²) in [6.45, 7) is 0. The molecule has 0 aliphatic rings. The molecular weight excluding hydrogens is 423 g/mol. The first kappa shape index (κ1) is 24.0. The van der Waals surface area contributed by atoms with E-state index in [4.69, 9.17) is 4.55 Å². The van der Waals surface area contributed by atoms with Gasteiger partial charge in [0.05, 0.1) is 0 Å². The lowest BCUT2D eigenvalue weighted by molar-refractivity contribution is -0.348. The predicted molar refractivity (Wildman–Crippen MR) is 52.0 cm³/mol. The minimum Gasteiger partial charge on any atom is -0.283 e. The maximum absolute atomic E-state index is 13.7. The van der Waals surface area contributed by atoms with Crippen molar-refractivity contribution in [1.29, 1.82) is 0 Å². The SMILES string of the molecule is O=S(=O)(O)C(F)(C(F)(F)C(F)C(F)C(F)C(F)F)C(F)(F)C(F)(F)F. The zero-order chi connectivity index (χ0) is 20.8. The van der Waals surface area contributed by atoms with Gasteiger partial charge in [-0.3, -0.25) is 4.55 Å². The molecule has 1 N–H and O–H groups in total. The molecular formula is C8H5F13O3S. The van der Waals surface area contributed by atoms with E-state index in [1.165, 1.54) is 0 Å². The highest BCUT2D eigenvalue weighted by molar-refractivity contribution is 7.87. The molecule has 0 spiro atoms. The number of hydrogen-bond donors (Lipinski definition) is 1. The Hall–Kier alpha value is -1.00. The molecule has 0 rings (SSSR count). The van der Waals surface area contributed by atoms with Gasteiger partial charge in [-0.05, 0) is 0 Å². The molecule has 3 nitrogen and oxygen atoms in total. The van der Waals surface area contributed by atoms with Gasteiger partial charge in [-0.25, -0.2) is 26.3 Å². The fourth-order valence-electron chi connectivity index (χ4n) is 1.40. The number of hydrogen-bond acceptors (Lipinski definition) is 2. The largest absolute Gasteiger partial charge is 0.458 e. The predicted octanol–water partition coefficient (Wildman–Crippen LogP) is 3.65. The van der Waals surface area contributed by atoms with Crippen molar-refractivity contribution in [1.82, 2.24) is 0 Å². The van der Waals surface area contributed by atoms with Gasteiger partial charge in [0.2, 0.25) is 6.17 Å². The van der Waals surface area contributed by atoms with E-state index in [0.29, 0.717) is 0 Å². The molecule has 0 aliphatic heterocycles. The fourth-order valence-corrected chi connectivity index (χ4v) is 2.30. The van der Waals surface area contributed by atoms with Gasteiger partial charge in [-0.15, -0.1) is 0 Å². The zero-order valence-corrected chi connectivity index (χ0v) is 11.7. The number of halogens is 13. The van der Waals surface area contributed by atoms with Crippen molar-refractivity contribution in [2.24, 2.45) is 0 Å². The molecule has 0 fully saturated rings. The molecule has 4 unspecified atom stereocenters. The summed E-state index contributed by atoms with van der Waals surface area (Å²) in [7, 11) is -7.89. The van der Waals surface area contributed by atoms with Gasteiger partial charge in [-0.1, -0.05) is 0 Å². The summed E-state index contributed by atoms with van der Waals surface area (Å²) >= 11 is 0. The maximum atomic E-state index is 13.7. The topological polar surface area (TPSA) is 54.4 Å². The van der Waals surface area contributed by atoms with E-state index in [-0.39, 0.29) is 0 Å². The molecule has 152 valence electrons. The van der Waals surface area contributed by atoms with Crippen LogP contribution in [-0.4, -0.2) is 60.9 Å². The van der Waals surface area contributed by atoms with Gasteiger partial charge in [0, 0.05) is 0 Å². The molecule has 0 saturated heterocycles. The quantitative estimate of drug-likeness (QED) is 0.498. The van der Waals surface area contributed by atoms with E-state index in [1.54, 1.807) is 0 Å². The molecule has 0 amide bonds. The second-order valence-corrected chi connectivity index (χ2v) is 5.90. The third-order valence-corrected chi connectivity index (χ3v) is 3.95. The van der Waals surface area contributed by atoms with Gasteiger partial charge in [0.25, 0.3) is 6.43 Å². The molecule has 4 atom stereocenters. The molecule has 0 aromatic heterocycles. The van der Waals surface area contributed by atoms with Crippen LogP contribution in [0.1, 0.15) is 0 Å². The monoisotopic (exact) mass is 428 g/mol. The first-order valence-electron chi connectivity index (χ1n) is 5.36. The molecule has 0 radical (unpaired) electrons. The van der Waals surface area contributed by atoms with Crippen molar-refractivity contribution < 1.29 is 70.0 Å². The van der Waals surface area contributed by atoms with Crippen LogP contribution in [0.3, 0.4) is 0 Å². The second-order valence-electron chi connectivity index (χ2n) is 4.39. The Balaban J connectivity index is 6.51. The molecule has 0 aliphatic carbocycles. The molecule has 25 heavy (non-hydrogen) atoms. The molecule has 0 aromatic carbocycles. The average Bonchev–Trinajstić information content (AvgIpc) is 2.40. The minimum atomic E-state index is -7.89. The lowest BCUT2D eigenvalue weighted by Crippen LogP contribution is -2.71. The third-order valence-electron chi connectivity index (χ3n) is 2.71. The summed E-state index contributed by atoms with van der Waals surface area (Å²) in [4.78, 5) is 0. The Morgan fingerprint density at radius 1 is 0.720 bits per heavy atom. The van der Waals surface area contributed by atoms with Crippen LogP contribution < -0.4 is 0 Å². The van der Waals surface area contributed by atoms with Crippen LogP contribution in [0.25, 0.3) is 0 Å². The molecule has 0 bridgehead atoms. The Labute approximate surface area is 129 Å². The van der Waals surface area contributed by atoms with E-state index in [9.17, 15) is 65.5 Å². The highest BCUT2D eigenvalue weighted by atomic mass is 32.2. The van der Waals surface area contributed by atoms with Crippen LogP contribution in [0.5, 0.6) is 0 Å².